The molecular weight excluding hydrogens is 473 g/mol. The van der Waals surface area contributed by atoms with Gasteiger partial charge in [-0.05, 0) is 43.9 Å². The van der Waals surface area contributed by atoms with Gasteiger partial charge in [0.2, 0.25) is 5.91 Å². The highest BCUT2D eigenvalue weighted by molar-refractivity contribution is 6.35. The summed E-state index contributed by atoms with van der Waals surface area (Å²) in [5, 5.41) is 14.1. The Morgan fingerprint density at radius 2 is 1.79 bits per heavy atom. The number of nitrogens with one attached hydrogen (secondary N) is 1. The van der Waals surface area contributed by atoms with E-state index in [0.717, 1.165) is 38.0 Å². The first-order valence-electron chi connectivity index (χ1n) is 12.7. The Morgan fingerprint density at radius 3 is 2.41 bits per heavy atom. The first-order valence-corrected chi connectivity index (χ1v) is 13.4. The normalized spacial score (nSPS) is 24.4. The molecule has 6 nitrogen and oxygen atoms in total. The van der Waals surface area contributed by atoms with Crippen LogP contribution in [0.2, 0.25) is 10.0 Å². The van der Waals surface area contributed by atoms with Crippen molar-refractivity contribution in [2.75, 3.05) is 32.7 Å². The van der Waals surface area contributed by atoms with Gasteiger partial charge < -0.3 is 15.3 Å². The Balaban J connectivity index is 1.61. The molecule has 2 N–H and O–H groups in total. The monoisotopic (exact) mass is 511 g/mol. The highest BCUT2D eigenvalue weighted by Crippen LogP contribution is 2.41. The fourth-order valence-corrected chi connectivity index (χ4v) is 5.99. The van der Waals surface area contributed by atoms with Gasteiger partial charge in [-0.1, -0.05) is 62.4 Å². The molecule has 0 aliphatic carbocycles. The summed E-state index contributed by atoms with van der Waals surface area (Å²) in [5.74, 6) is -1.17. The van der Waals surface area contributed by atoms with Gasteiger partial charge in [0, 0.05) is 54.4 Å². The van der Waals surface area contributed by atoms with Crippen molar-refractivity contribution in [1.29, 1.82) is 0 Å². The molecule has 2 atom stereocenters. The molecule has 1 amide bonds. The quantitative estimate of drug-likeness (QED) is 0.405. The van der Waals surface area contributed by atoms with Crippen LogP contribution in [0.1, 0.15) is 64.4 Å². The summed E-state index contributed by atoms with van der Waals surface area (Å²) >= 11 is 12.7. The average Bonchev–Trinajstić information content (AvgIpc) is 3.10. The molecule has 1 aromatic carbocycles. The maximum Gasteiger partial charge on any atom is 0.304 e. The van der Waals surface area contributed by atoms with Crippen molar-refractivity contribution >= 4 is 35.1 Å². The molecule has 0 saturated carbocycles. The number of carboxylic acids is 1. The van der Waals surface area contributed by atoms with Crippen LogP contribution in [0.4, 0.5) is 0 Å². The largest absolute Gasteiger partial charge is 0.481 e. The molecular formula is C26H39Cl2N3O3. The van der Waals surface area contributed by atoms with E-state index in [4.69, 9.17) is 23.2 Å². The van der Waals surface area contributed by atoms with Crippen molar-refractivity contribution < 1.29 is 14.7 Å². The van der Waals surface area contributed by atoms with Crippen LogP contribution in [0.15, 0.2) is 18.2 Å². The van der Waals surface area contributed by atoms with Gasteiger partial charge in [0.25, 0.3) is 0 Å². The summed E-state index contributed by atoms with van der Waals surface area (Å²) in [7, 11) is 0. The van der Waals surface area contributed by atoms with Crippen LogP contribution in [0.25, 0.3) is 0 Å². The summed E-state index contributed by atoms with van der Waals surface area (Å²) in [5.41, 5.74) is -0.146. The summed E-state index contributed by atoms with van der Waals surface area (Å²) in [6, 6.07) is 5.51. The number of aliphatic carboxylic acids is 1. The molecule has 8 heteroatoms. The van der Waals surface area contributed by atoms with Crippen molar-refractivity contribution in [3.63, 3.8) is 0 Å². The number of carbonyl (C=O) groups is 2. The average molecular weight is 513 g/mol. The number of carbonyl (C=O) groups excluding carboxylic acids is 1. The molecule has 2 fully saturated rings. The fourth-order valence-electron chi connectivity index (χ4n) is 5.48. The lowest BCUT2D eigenvalue weighted by Gasteiger charge is -2.36. The lowest BCUT2D eigenvalue weighted by molar-refractivity contribution is -0.147. The Labute approximate surface area is 214 Å². The van der Waals surface area contributed by atoms with Crippen LogP contribution >= 0.6 is 23.2 Å². The maximum atomic E-state index is 13.6. The molecule has 0 aromatic heterocycles. The molecule has 2 aliphatic heterocycles. The number of amides is 1. The predicted octanol–water partition coefficient (Wildman–Crippen LogP) is 5.07. The third-order valence-corrected chi connectivity index (χ3v) is 8.30. The van der Waals surface area contributed by atoms with E-state index < -0.39 is 11.4 Å². The number of rotatable bonds is 11. The van der Waals surface area contributed by atoms with Crippen LogP contribution in [-0.4, -0.2) is 65.5 Å². The Bertz CT molecular complexity index is 824. The zero-order valence-electron chi connectivity index (χ0n) is 20.5. The van der Waals surface area contributed by atoms with E-state index in [1.807, 2.05) is 6.92 Å². The van der Waals surface area contributed by atoms with E-state index in [2.05, 4.69) is 22.0 Å². The standard InChI is InChI=1S/C26H39Cl2N3O3/c1-3-4-5-6-12-30-13-10-20(11-14-30)29-25(34)26(15-24(32)33)18-31(16-19(26)2)17-21-22(27)8-7-9-23(21)28/h7-9,19-20H,3-6,10-18H2,1-2H3,(H,29,34)(H,32,33). The molecule has 0 radical (unpaired) electrons. The molecule has 0 spiro atoms. The van der Waals surface area contributed by atoms with Crippen molar-refractivity contribution in [3.05, 3.63) is 33.8 Å². The van der Waals surface area contributed by atoms with Gasteiger partial charge in [-0.15, -0.1) is 0 Å². The number of halogens is 2. The van der Waals surface area contributed by atoms with Crippen molar-refractivity contribution in [3.8, 4) is 0 Å². The molecule has 1 aromatic rings. The number of likely N-dealkylation sites (tertiary alicyclic amines) is 2. The molecule has 3 rings (SSSR count). The second kappa shape index (κ2) is 12.6. The lowest BCUT2D eigenvalue weighted by atomic mass is 9.75. The minimum Gasteiger partial charge on any atom is -0.481 e. The minimum absolute atomic E-state index is 0.0940. The molecule has 2 saturated heterocycles. The van der Waals surface area contributed by atoms with Gasteiger partial charge in [0.05, 0.1) is 11.8 Å². The molecule has 34 heavy (non-hydrogen) atoms. The highest BCUT2D eigenvalue weighted by atomic mass is 35.5. The zero-order chi connectivity index (χ0) is 24.7. The molecule has 2 aliphatic rings. The fraction of sp³-hybridized carbons (Fsp3) is 0.692. The van der Waals surface area contributed by atoms with E-state index in [1.165, 1.54) is 25.7 Å². The van der Waals surface area contributed by atoms with Crippen LogP contribution in [0, 0.1) is 11.3 Å². The number of piperidine rings is 1. The molecule has 2 unspecified atom stereocenters. The maximum absolute atomic E-state index is 13.6. The van der Waals surface area contributed by atoms with E-state index >= 15 is 0 Å². The Morgan fingerprint density at radius 1 is 1.12 bits per heavy atom. The smallest absolute Gasteiger partial charge is 0.304 e. The van der Waals surface area contributed by atoms with Crippen molar-refractivity contribution in [1.82, 2.24) is 15.1 Å². The minimum atomic E-state index is -0.961. The van der Waals surface area contributed by atoms with E-state index in [1.54, 1.807) is 18.2 Å². The number of benzene rings is 1. The van der Waals surface area contributed by atoms with E-state index in [-0.39, 0.29) is 24.3 Å². The van der Waals surface area contributed by atoms with Gasteiger partial charge in [-0.2, -0.15) is 0 Å². The zero-order valence-corrected chi connectivity index (χ0v) is 22.0. The summed E-state index contributed by atoms with van der Waals surface area (Å²) in [6.45, 7) is 8.79. The number of hydrogen-bond acceptors (Lipinski definition) is 4. The SMILES string of the molecule is CCCCCCN1CCC(NC(=O)C2(CC(=O)O)CN(Cc3c(Cl)cccc3Cl)CC2C)CC1. The third kappa shape index (κ3) is 6.87. The highest BCUT2D eigenvalue weighted by Gasteiger charge is 2.51. The lowest BCUT2D eigenvalue weighted by Crippen LogP contribution is -2.52. The number of hydrogen-bond donors (Lipinski definition) is 2. The topological polar surface area (TPSA) is 72.9 Å². The first kappa shape index (κ1) is 27.3. The predicted molar refractivity (Wildman–Crippen MR) is 137 cm³/mol. The van der Waals surface area contributed by atoms with Crippen LogP contribution in [0.3, 0.4) is 0 Å². The third-order valence-electron chi connectivity index (χ3n) is 7.59. The van der Waals surface area contributed by atoms with Gasteiger partial charge in [-0.3, -0.25) is 14.5 Å². The van der Waals surface area contributed by atoms with E-state index in [0.29, 0.717) is 29.7 Å². The second-order valence-corrected chi connectivity index (χ2v) is 11.0. The van der Waals surface area contributed by atoms with E-state index in [9.17, 15) is 14.7 Å². The van der Waals surface area contributed by atoms with Crippen molar-refractivity contribution in [2.45, 2.75) is 71.4 Å². The van der Waals surface area contributed by atoms with Crippen molar-refractivity contribution in [2.24, 2.45) is 11.3 Å². The van der Waals surface area contributed by atoms with Crippen LogP contribution in [0.5, 0.6) is 0 Å². The Kier molecular flexibility index (Phi) is 10.1. The first-order chi connectivity index (χ1) is 16.2. The summed E-state index contributed by atoms with van der Waals surface area (Å²) in [4.78, 5) is 30.0. The number of carboxylic acid groups (broad SMARTS) is 1. The van der Waals surface area contributed by atoms with Gasteiger partial charge in [0.1, 0.15) is 0 Å². The van der Waals surface area contributed by atoms with Crippen LogP contribution < -0.4 is 5.32 Å². The second-order valence-electron chi connectivity index (χ2n) is 10.1. The molecule has 0 bridgehead atoms. The van der Waals surface area contributed by atoms with Gasteiger partial charge in [0.15, 0.2) is 0 Å². The number of unbranched alkanes of at least 4 members (excludes halogenated alkanes) is 3. The Hall–Kier alpha value is -1.34. The van der Waals surface area contributed by atoms with Gasteiger partial charge in [-0.25, -0.2) is 0 Å². The van der Waals surface area contributed by atoms with Crippen LogP contribution in [-0.2, 0) is 16.1 Å². The summed E-state index contributed by atoms with van der Waals surface area (Å²) < 4.78 is 0. The molecule has 190 valence electrons. The summed E-state index contributed by atoms with van der Waals surface area (Å²) in [6.07, 6.45) is 6.69. The molecule has 2 heterocycles. The number of nitrogens with zero attached hydrogens (tertiary/aromatic N) is 2. The van der Waals surface area contributed by atoms with Gasteiger partial charge >= 0.3 is 5.97 Å².